The number of hydrogen-bond donors (Lipinski definition) is 1. The number of rotatable bonds is 3. The standard InChI is InChI=1S/C16H25N3O2/c1-15(2,3)18-11-9-16(4,10-12-18)17-13-5-7-14(8-6-13)19(20)21/h5-8,17H,9-12H2,1-4H3. The van der Waals surface area contributed by atoms with Crippen molar-refractivity contribution in [1.82, 2.24) is 4.90 Å². The van der Waals surface area contributed by atoms with E-state index in [4.69, 9.17) is 0 Å². The van der Waals surface area contributed by atoms with Gasteiger partial charge in [0.15, 0.2) is 0 Å². The predicted molar refractivity (Wildman–Crippen MR) is 85.7 cm³/mol. The molecule has 1 fully saturated rings. The van der Waals surface area contributed by atoms with E-state index in [1.54, 1.807) is 24.3 Å². The van der Waals surface area contributed by atoms with Crippen molar-refractivity contribution in [2.45, 2.75) is 51.6 Å². The van der Waals surface area contributed by atoms with Crippen LogP contribution >= 0.6 is 0 Å². The number of piperidine rings is 1. The van der Waals surface area contributed by atoms with Gasteiger partial charge in [-0.15, -0.1) is 0 Å². The summed E-state index contributed by atoms with van der Waals surface area (Å²) in [7, 11) is 0. The molecular weight excluding hydrogens is 266 g/mol. The molecule has 0 unspecified atom stereocenters. The van der Waals surface area contributed by atoms with Crippen molar-refractivity contribution < 1.29 is 4.92 Å². The molecule has 116 valence electrons. The van der Waals surface area contributed by atoms with Crippen LogP contribution in [0.25, 0.3) is 0 Å². The number of benzene rings is 1. The first-order chi connectivity index (χ1) is 9.70. The Labute approximate surface area is 126 Å². The number of anilines is 1. The van der Waals surface area contributed by atoms with Crippen LogP contribution in [0.15, 0.2) is 24.3 Å². The molecule has 0 bridgehead atoms. The Morgan fingerprint density at radius 2 is 1.71 bits per heavy atom. The van der Waals surface area contributed by atoms with Crippen molar-refractivity contribution in [2.75, 3.05) is 18.4 Å². The van der Waals surface area contributed by atoms with E-state index in [9.17, 15) is 10.1 Å². The number of nitrogens with one attached hydrogen (secondary N) is 1. The fourth-order valence-electron chi connectivity index (χ4n) is 2.81. The summed E-state index contributed by atoms with van der Waals surface area (Å²) in [6.45, 7) is 11.1. The minimum absolute atomic E-state index is 0.0535. The molecule has 1 N–H and O–H groups in total. The molecule has 2 rings (SSSR count). The molecule has 0 spiro atoms. The van der Waals surface area contributed by atoms with E-state index in [0.717, 1.165) is 31.6 Å². The Hall–Kier alpha value is -1.62. The fraction of sp³-hybridized carbons (Fsp3) is 0.625. The van der Waals surface area contributed by atoms with Gasteiger partial charge in [-0.2, -0.15) is 0 Å². The lowest BCUT2D eigenvalue weighted by Gasteiger charge is -2.45. The van der Waals surface area contributed by atoms with Gasteiger partial charge < -0.3 is 5.32 Å². The van der Waals surface area contributed by atoms with Gasteiger partial charge in [-0.3, -0.25) is 15.0 Å². The van der Waals surface area contributed by atoms with Crippen molar-refractivity contribution in [1.29, 1.82) is 0 Å². The van der Waals surface area contributed by atoms with Crippen molar-refractivity contribution in [3.63, 3.8) is 0 Å². The molecule has 1 saturated heterocycles. The van der Waals surface area contributed by atoms with Gasteiger partial charge in [-0.1, -0.05) is 0 Å². The highest BCUT2D eigenvalue weighted by atomic mass is 16.6. The van der Waals surface area contributed by atoms with E-state index in [1.807, 2.05) is 0 Å². The quantitative estimate of drug-likeness (QED) is 0.682. The van der Waals surface area contributed by atoms with E-state index in [1.165, 1.54) is 0 Å². The van der Waals surface area contributed by atoms with E-state index in [0.29, 0.717) is 0 Å². The van der Waals surface area contributed by atoms with Gasteiger partial charge in [-0.05, 0) is 52.7 Å². The van der Waals surface area contributed by atoms with Crippen LogP contribution in [0.4, 0.5) is 11.4 Å². The Morgan fingerprint density at radius 1 is 1.19 bits per heavy atom. The van der Waals surface area contributed by atoms with Crippen molar-refractivity contribution in [3.8, 4) is 0 Å². The average molecular weight is 291 g/mol. The molecule has 1 aliphatic rings. The van der Waals surface area contributed by atoms with Gasteiger partial charge >= 0.3 is 0 Å². The van der Waals surface area contributed by atoms with Crippen LogP contribution in [0.3, 0.4) is 0 Å². The van der Waals surface area contributed by atoms with Gasteiger partial charge in [0.1, 0.15) is 0 Å². The smallest absolute Gasteiger partial charge is 0.269 e. The minimum Gasteiger partial charge on any atom is -0.380 e. The second-order valence-electron chi connectivity index (χ2n) is 7.15. The molecule has 1 aromatic carbocycles. The van der Waals surface area contributed by atoms with Crippen LogP contribution in [0.2, 0.25) is 0 Å². The number of likely N-dealkylation sites (tertiary alicyclic amines) is 1. The summed E-state index contributed by atoms with van der Waals surface area (Å²) in [5.74, 6) is 0. The van der Waals surface area contributed by atoms with Crippen LogP contribution in [0.5, 0.6) is 0 Å². The maximum Gasteiger partial charge on any atom is 0.269 e. The third-order valence-corrected chi connectivity index (χ3v) is 4.34. The van der Waals surface area contributed by atoms with Crippen LogP contribution in [-0.4, -0.2) is 34.0 Å². The zero-order valence-corrected chi connectivity index (χ0v) is 13.3. The number of hydrogen-bond acceptors (Lipinski definition) is 4. The van der Waals surface area contributed by atoms with Crippen molar-refractivity contribution in [3.05, 3.63) is 34.4 Å². The lowest BCUT2D eigenvalue weighted by molar-refractivity contribution is -0.384. The second-order valence-corrected chi connectivity index (χ2v) is 7.15. The summed E-state index contributed by atoms with van der Waals surface area (Å²) < 4.78 is 0. The van der Waals surface area contributed by atoms with Crippen molar-refractivity contribution >= 4 is 11.4 Å². The first-order valence-electron chi connectivity index (χ1n) is 7.47. The van der Waals surface area contributed by atoms with Gasteiger partial charge in [0, 0.05) is 42.0 Å². The van der Waals surface area contributed by atoms with Crippen LogP contribution in [0.1, 0.15) is 40.5 Å². The molecule has 0 aromatic heterocycles. The van der Waals surface area contributed by atoms with Gasteiger partial charge in [0.2, 0.25) is 0 Å². The van der Waals surface area contributed by atoms with Gasteiger partial charge in [-0.25, -0.2) is 0 Å². The molecule has 5 heteroatoms. The number of non-ortho nitro benzene ring substituents is 1. The third kappa shape index (κ3) is 3.94. The fourth-order valence-corrected chi connectivity index (χ4v) is 2.81. The highest BCUT2D eigenvalue weighted by Crippen LogP contribution is 2.30. The Balaban J connectivity index is 1.98. The molecular formula is C16H25N3O2. The maximum atomic E-state index is 10.7. The molecule has 0 amide bonds. The highest BCUT2D eigenvalue weighted by molar-refractivity contribution is 5.50. The monoisotopic (exact) mass is 291 g/mol. The summed E-state index contributed by atoms with van der Waals surface area (Å²) in [5.41, 5.74) is 1.35. The topological polar surface area (TPSA) is 58.4 Å². The van der Waals surface area contributed by atoms with E-state index in [2.05, 4.69) is 37.9 Å². The highest BCUT2D eigenvalue weighted by Gasteiger charge is 2.33. The maximum absolute atomic E-state index is 10.7. The Bertz CT molecular complexity index is 497. The summed E-state index contributed by atoms with van der Waals surface area (Å²) in [6, 6.07) is 6.69. The first kappa shape index (κ1) is 15.8. The molecule has 1 heterocycles. The summed E-state index contributed by atoms with van der Waals surface area (Å²) >= 11 is 0. The van der Waals surface area contributed by atoms with Crippen LogP contribution in [0, 0.1) is 10.1 Å². The summed E-state index contributed by atoms with van der Waals surface area (Å²) in [4.78, 5) is 12.8. The SMILES string of the molecule is CC1(Nc2ccc([N+](=O)[O-])cc2)CCN(C(C)(C)C)CC1. The van der Waals surface area contributed by atoms with Gasteiger partial charge in [0.05, 0.1) is 4.92 Å². The molecule has 5 nitrogen and oxygen atoms in total. The molecule has 1 aromatic rings. The summed E-state index contributed by atoms with van der Waals surface area (Å²) in [5, 5.41) is 14.2. The Kier molecular flexibility index (Phi) is 4.23. The minimum atomic E-state index is -0.368. The molecule has 21 heavy (non-hydrogen) atoms. The zero-order valence-electron chi connectivity index (χ0n) is 13.3. The summed E-state index contributed by atoms with van der Waals surface area (Å²) in [6.07, 6.45) is 2.14. The first-order valence-corrected chi connectivity index (χ1v) is 7.47. The molecule has 0 atom stereocenters. The predicted octanol–water partition coefficient (Wildman–Crippen LogP) is 3.66. The van der Waals surface area contributed by atoms with Gasteiger partial charge in [0.25, 0.3) is 5.69 Å². The van der Waals surface area contributed by atoms with E-state index >= 15 is 0 Å². The van der Waals surface area contributed by atoms with Crippen LogP contribution < -0.4 is 5.32 Å². The largest absolute Gasteiger partial charge is 0.380 e. The van der Waals surface area contributed by atoms with Crippen LogP contribution in [-0.2, 0) is 0 Å². The molecule has 0 aliphatic carbocycles. The zero-order chi connectivity index (χ0) is 15.7. The average Bonchev–Trinajstić information content (AvgIpc) is 2.38. The lowest BCUT2D eigenvalue weighted by Crippen LogP contribution is -2.52. The molecule has 0 radical (unpaired) electrons. The molecule has 0 saturated carbocycles. The third-order valence-electron chi connectivity index (χ3n) is 4.34. The van der Waals surface area contributed by atoms with E-state index < -0.39 is 0 Å². The molecule has 1 aliphatic heterocycles. The second kappa shape index (κ2) is 5.64. The van der Waals surface area contributed by atoms with Crippen molar-refractivity contribution in [2.24, 2.45) is 0 Å². The van der Waals surface area contributed by atoms with E-state index in [-0.39, 0.29) is 21.7 Å². The number of nitro benzene ring substituents is 1. The number of nitro groups is 1. The Morgan fingerprint density at radius 3 is 2.14 bits per heavy atom. The normalized spacial score (nSPS) is 19.2. The lowest BCUT2D eigenvalue weighted by atomic mass is 9.87. The number of nitrogens with zero attached hydrogens (tertiary/aromatic N) is 2.